The summed E-state index contributed by atoms with van der Waals surface area (Å²) in [6.45, 7) is 4.58. The molecule has 0 aliphatic carbocycles. The lowest BCUT2D eigenvalue weighted by Gasteiger charge is -2.15. The van der Waals surface area contributed by atoms with Gasteiger partial charge < -0.3 is 20.7 Å². The van der Waals surface area contributed by atoms with Crippen LogP contribution in [0.4, 0.5) is 10.3 Å². The van der Waals surface area contributed by atoms with Crippen molar-refractivity contribution in [3.63, 3.8) is 0 Å². The number of fused-ring (bicyclic) bond motifs is 1. The number of aliphatic hydroxyl groups is 2. The maximum absolute atomic E-state index is 14.3. The Bertz CT molecular complexity index is 1000. The first-order valence-corrected chi connectivity index (χ1v) is 10.2. The van der Waals surface area contributed by atoms with E-state index in [0.29, 0.717) is 27.6 Å². The van der Waals surface area contributed by atoms with Gasteiger partial charge in [-0.15, -0.1) is 11.3 Å². The Hall–Kier alpha value is -1.91. The number of rotatable bonds is 2. The fourth-order valence-electron chi connectivity index (χ4n) is 2.69. The van der Waals surface area contributed by atoms with Crippen molar-refractivity contribution in [3.05, 3.63) is 34.2 Å². The molecule has 3 heterocycles. The first-order valence-electron chi connectivity index (χ1n) is 9.02. The predicted octanol–water partition coefficient (Wildman–Crippen LogP) is 3.51. The van der Waals surface area contributed by atoms with Crippen LogP contribution in [0.3, 0.4) is 0 Å². The number of hydrogen-bond acceptors (Lipinski definition) is 8. The molecule has 1 atom stereocenters. The van der Waals surface area contributed by atoms with E-state index in [9.17, 15) is 9.50 Å². The van der Waals surface area contributed by atoms with Gasteiger partial charge in [0.2, 0.25) is 5.95 Å². The summed E-state index contributed by atoms with van der Waals surface area (Å²) in [7, 11) is 0. The number of aliphatic hydroxyl groups excluding tert-OH is 1. The van der Waals surface area contributed by atoms with Gasteiger partial charge in [0.1, 0.15) is 16.1 Å². The van der Waals surface area contributed by atoms with Crippen LogP contribution in [0.1, 0.15) is 31.7 Å². The van der Waals surface area contributed by atoms with Crippen molar-refractivity contribution in [1.82, 2.24) is 15.0 Å². The second kappa shape index (κ2) is 8.85. The van der Waals surface area contributed by atoms with Gasteiger partial charge in [-0.25, -0.2) is 19.3 Å². The van der Waals surface area contributed by atoms with Gasteiger partial charge in [0.15, 0.2) is 5.82 Å². The van der Waals surface area contributed by atoms with E-state index in [2.05, 4.69) is 15.0 Å². The molecule has 4 N–H and O–H groups in total. The molecule has 1 aliphatic heterocycles. The third-order valence-corrected chi connectivity index (χ3v) is 5.74. The average molecular weight is 441 g/mol. The maximum atomic E-state index is 14.3. The smallest absolute Gasteiger partial charge is 0.220 e. The Balaban J connectivity index is 0.000000290. The molecule has 0 bridgehead atoms. The maximum Gasteiger partial charge on any atom is 0.220 e. The van der Waals surface area contributed by atoms with Crippen molar-refractivity contribution < 1.29 is 19.3 Å². The fourth-order valence-corrected chi connectivity index (χ4v) is 3.91. The van der Waals surface area contributed by atoms with Crippen LogP contribution >= 0.6 is 22.9 Å². The van der Waals surface area contributed by atoms with Crippen molar-refractivity contribution >= 4 is 39.1 Å². The third-order valence-electron chi connectivity index (χ3n) is 4.14. The van der Waals surface area contributed by atoms with E-state index in [4.69, 9.17) is 27.2 Å². The number of anilines is 1. The monoisotopic (exact) mass is 440 g/mol. The number of nitrogen functional groups attached to an aromatic ring is 1. The topological polar surface area (TPSA) is 114 Å². The number of thiazole rings is 1. The number of benzene rings is 1. The van der Waals surface area contributed by atoms with Crippen molar-refractivity contribution in [3.8, 4) is 11.3 Å². The Morgan fingerprint density at radius 2 is 2.10 bits per heavy atom. The zero-order valence-corrected chi connectivity index (χ0v) is 17.6. The number of nitrogens with zero attached hydrogens (tertiary/aromatic N) is 3. The largest absolute Gasteiger partial charge is 0.391 e. The normalized spacial score (nSPS) is 17.1. The van der Waals surface area contributed by atoms with Gasteiger partial charge in [-0.05, 0) is 38.8 Å². The summed E-state index contributed by atoms with van der Waals surface area (Å²) in [6.07, 6.45) is 3.12. The quantitative estimate of drug-likeness (QED) is 0.558. The Morgan fingerprint density at radius 1 is 1.34 bits per heavy atom. The number of hydrogen-bond donors (Lipinski definition) is 3. The standard InChI is InChI=1S/C14H12ClFN4OS.C5H10O2/c1-14(2,21)12-19-11-8(16)3-6(4-9(11)22-12)10-7(15)5-18-13(17)20-10;6-5-2-1-3-7-4-5/h3-5,21H,1-2H3,(H2,17,18,20);5-6H,1-4H2. The SMILES string of the molecule is CC(C)(O)c1nc2c(F)cc(-c3nc(N)ncc3Cl)cc2s1.OC1CCCOC1. The molecule has 4 rings (SSSR count). The highest BCUT2D eigenvalue weighted by Crippen LogP contribution is 2.35. The molecular weight excluding hydrogens is 419 g/mol. The molecule has 29 heavy (non-hydrogen) atoms. The molecule has 1 unspecified atom stereocenters. The second-order valence-corrected chi connectivity index (χ2v) is 8.62. The summed E-state index contributed by atoms with van der Waals surface area (Å²) in [5.74, 6) is -0.450. The predicted molar refractivity (Wildman–Crippen MR) is 111 cm³/mol. The van der Waals surface area contributed by atoms with E-state index in [1.54, 1.807) is 19.9 Å². The minimum atomic E-state index is -1.13. The van der Waals surface area contributed by atoms with Crippen LogP contribution in [-0.2, 0) is 10.3 Å². The third kappa shape index (κ3) is 5.37. The van der Waals surface area contributed by atoms with Gasteiger partial charge in [-0.1, -0.05) is 11.6 Å². The van der Waals surface area contributed by atoms with E-state index in [-0.39, 0.29) is 22.6 Å². The molecule has 1 aromatic carbocycles. The average Bonchev–Trinajstić information content (AvgIpc) is 3.10. The molecule has 156 valence electrons. The van der Waals surface area contributed by atoms with Gasteiger partial charge >= 0.3 is 0 Å². The molecule has 0 saturated carbocycles. The lowest BCUT2D eigenvalue weighted by molar-refractivity contribution is -0.00535. The molecule has 7 nitrogen and oxygen atoms in total. The first-order chi connectivity index (χ1) is 13.6. The zero-order chi connectivity index (χ0) is 21.2. The lowest BCUT2D eigenvalue weighted by Crippen LogP contribution is -2.21. The molecule has 2 aromatic heterocycles. The Morgan fingerprint density at radius 3 is 2.69 bits per heavy atom. The summed E-state index contributed by atoms with van der Waals surface area (Å²) < 4.78 is 19.8. The van der Waals surface area contributed by atoms with E-state index >= 15 is 0 Å². The summed E-state index contributed by atoms with van der Waals surface area (Å²) in [4.78, 5) is 12.0. The minimum absolute atomic E-state index is 0.0568. The highest BCUT2D eigenvalue weighted by atomic mass is 35.5. The van der Waals surface area contributed by atoms with Gasteiger partial charge in [0.05, 0.1) is 34.3 Å². The summed E-state index contributed by atoms with van der Waals surface area (Å²) in [6, 6.07) is 3.02. The minimum Gasteiger partial charge on any atom is -0.391 e. The Labute approximate surface area is 176 Å². The van der Waals surface area contributed by atoms with Crippen LogP contribution in [0.2, 0.25) is 5.02 Å². The Kier molecular flexibility index (Phi) is 6.65. The van der Waals surface area contributed by atoms with Crippen LogP contribution < -0.4 is 5.73 Å². The van der Waals surface area contributed by atoms with Crippen LogP contribution in [0.25, 0.3) is 21.5 Å². The van der Waals surface area contributed by atoms with Gasteiger partial charge in [-0.2, -0.15) is 0 Å². The molecule has 1 fully saturated rings. The lowest BCUT2D eigenvalue weighted by atomic mass is 10.1. The highest BCUT2D eigenvalue weighted by molar-refractivity contribution is 7.18. The molecular formula is C19H22ClFN4O3S. The molecule has 1 aliphatic rings. The summed E-state index contributed by atoms with van der Waals surface area (Å²) in [5.41, 5.74) is 5.48. The number of aromatic nitrogens is 3. The number of nitrogens with two attached hydrogens (primary N) is 1. The molecule has 10 heteroatoms. The van der Waals surface area contributed by atoms with Crippen LogP contribution in [0, 0.1) is 5.82 Å². The van der Waals surface area contributed by atoms with Gasteiger partial charge in [0.25, 0.3) is 0 Å². The van der Waals surface area contributed by atoms with Crippen LogP contribution in [-0.4, -0.2) is 44.5 Å². The first kappa shape index (κ1) is 21.8. The van der Waals surface area contributed by atoms with Crippen molar-refractivity contribution in [2.45, 2.75) is 38.4 Å². The van der Waals surface area contributed by atoms with Crippen LogP contribution in [0.5, 0.6) is 0 Å². The van der Waals surface area contributed by atoms with E-state index in [0.717, 1.165) is 19.4 Å². The molecule has 1 saturated heterocycles. The van der Waals surface area contributed by atoms with E-state index in [1.165, 1.54) is 23.6 Å². The highest BCUT2D eigenvalue weighted by Gasteiger charge is 2.23. The molecule has 3 aromatic rings. The van der Waals surface area contributed by atoms with Crippen molar-refractivity contribution in [2.75, 3.05) is 18.9 Å². The van der Waals surface area contributed by atoms with Crippen molar-refractivity contribution in [2.24, 2.45) is 0 Å². The number of ether oxygens (including phenoxy) is 1. The molecule has 0 spiro atoms. The van der Waals surface area contributed by atoms with Gasteiger partial charge in [0, 0.05) is 12.2 Å². The molecule has 0 radical (unpaired) electrons. The van der Waals surface area contributed by atoms with E-state index in [1.807, 2.05) is 0 Å². The van der Waals surface area contributed by atoms with Gasteiger partial charge in [-0.3, -0.25) is 0 Å². The summed E-state index contributed by atoms with van der Waals surface area (Å²) in [5, 5.41) is 19.5. The zero-order valence-electron chi connectivity index (χ0n) is 16.0. The summed E-state index contributed by atoms with van der Waals surface area (Å²) >= 11 is 7.28. The fraction of sp³-hybridized carbons (Fsp3) is 0.421. The number of halogens is 2. The van der Waals surface area contributed by atoms with Crippen LogP contribution in [0.15, 0.2) is 18.3 Å². The second-order valence-electron chi connectivity index (χ2n) is 7.18. The van der Waals surface area contributed by atoms with Crippen molar-refractivity contribution in [1.29, 1.82) is 0 Å². The van der Waals surface area contributed by atoms with E-state index < -0.39 is 11.4 Å². The molecule has 0 amide bonds.